The molecule has 0 aliphatic carbocycles. The summed E-state index contributed by atoms with van der Waals surface area (Å²) in [7, 11) is 0. The van der Waals surface area contributed by atoms with Crippen LogP contribution in [0, 0.1) is 0 Å². The molecule has 0 saturated carbocycles. The molecule has 1 aromatic rings. The third kappa shape index (κ3) is 2.81. The van der Waals surface area contributed by atoms with Crippen molar-refractivity contribution in [1.29, 1.82) is 0 Å². The van der Waals surface area contributed by atoms with Crippen molar-refractivity contribution in [2.75, 3.05) is 26.2 Å². The van der Waals surface area contributed by atoms with Crippen molar-refractivity contribution >= 4 is 28.8 Å². The average molecular weight is 289 g/mol. The van der Waals surface area contributed by atoms with Crippen molar-refractivity contribution < 1.29 is 4.79 Å². The van der Waals surface area contributed by atoms with Gasteiger partial charge in [-0.1, -0.05) is 25.2 Å². The van der Waals surface area contributed by atoms with E-state index < -0.39 is 0 Å². The third-order valence-corrected chi connectivity index (χ3v) is 4.37. The number of likely N-dealkylation sites (N-methyl/N-ethyl adjacent to an activating group) is 1. The Labute approximate surface area is 116 Å². The van der Waals surface area contributed by atoms with E-state index in [9.17, 15) is 4.79 Å². The Balaban J connectivity index is 1.98. The Morgan fingerprint density at radius 2 is 2.22 bits per heavy atom. The topological polar surface area (TPSA) is 49.3 Å². The van der Waals surface area contributed by atoms with Crippen LogP contribution in [0.2, 0.25) is 4.47 Å². The molecule has 0 spiro atoms. The van der Waals surface area contributed by atoms with Crippen LogP contribution in [-0.4, -0.2) is 58.1 Å². The van der Waals surface area contributed by atoms with Crippen LogP contribution in [0.5, 0.6) is 0 Å². The van der Waals surface area contributed by atoms with Crippen LogP contribution < -0.4 is 0 Å². The van der Waals surface area contributed by atoms with Gasteiger partial charge in [-0.2, -0.15) is 0 Å². The number of hydrogen-bond acceptors (Lipinski definition) is 5. The molecule has 0 radical (unpaired) electrons. The van der Waals surface area contributed by atoms with Crippen LogP contribution in [0.25, 0.3) is 0 Å². The highest BCUT2D eigenvalue weighted by Gasteiger charge is 2.31. The molecule has 0 aromatic carbocycles. The maximum absolute atomic E-state index is 12.2. The second kappa shape index (κ2) is 5.95. The number of halogens is 1. The van der Waals surface area contributed by atoms with Crippen molar-refractivity contribution in [3.8, 4) is 0 Å². The molecule has 100 valence electrons. The number of likely N-dealkylation sites (tertiary alicyclic amines) is 1. The third-order valence-electron chi connectivity index (χ3n) is 3.36. The molecule has 1 saturated heterocycles. The molecule has 1 aliphatic rings. The summed E-state index contributed by atoms with van der Waals surface area (Å²) in [6.45, 7) is 7.91. The Bertz CT molecular complexity index is 421. The second-order valence-corrected chi connectivity index (χ2v) is 5.83. The lowest BCUT2D eigenvalue weighted by atomic mass is 10.2. The first-order valence-electron chi connectivity index (χ1n) is 6.18. The summed E-state index contributed by atoms with van der Waals surface area (Å²) < 4.78 is 0.317. The Kier molecular flexibility index (Phi) is 4.53. The van der Waals surface area contributed by atoms with Crippen molar-refractivity contribution in [1.82, 2.24) is 20.0 Å². The van der Waals surface area contributed by atoms with E-state index in [1.165, 1.54) is 0 Å². The van der Waals surface area contributed by atoms with Crippen LogP contribution in [-0.2, 0) is 0 Å². The van der Waals surface area contributed by atoms with E-state index in [0.717, 1.165) is 43.9 Å². The number of rotatable bonds is 4. The van der Waals surface area contributed by atoms with Gasteiger partial charge in [0.1, 0.15) is 0 Å². The van der Waals surface area contributed by atoms with Gasteiger partial charge >= 0.3 is 0 Å². The molecule has 0 N–H and O–H groups in total. The van der Waals surface area contributed by atoms with E-state index in [4.69, 9.17) is 11.6 Å². The first-order valence-corrected chi connectivity index (χ1v) is 7.37. The molecule has 0 bridgehead atoms. The van der Waals surface area contributed by atoms with E-state index in [1.54, 1.807) is 0 Å². The molecule has 1 amide bonds. The van der Waals surface area contributed by atoms with Gasteiger partial charge in [0.05, 0.1) is 0 Å². The zero-order valence-corrected chi connectivity index (χ0v) is 12.2. The van der Waals surface area contributed by atoms with Crippen LogP contribution >= 0.6 is 22.9 Å². The minimum atomic E-state index is -0.0472. The van der Waals surface area contributed by atoms with Crippen LogP contribution in [0.4, 0.5) is 0 Å². The van der Waals surface area contributed by atoms with E-state index in [0.29, 0.717) is 15.5 Å². The average Bonchev–Trinajstić information content (AvgIpc) is 2.99. The van der Waals surface area contributed by atoms with Crippen molar-refractivity contribution in [2.24, 2.45) is 0 Å². The molecule has 7 heteroatoms. The SMILES string of the molecule is CCN(CC)C1CCN(C(=O)c2nnc(Cl)s2)C1. The summed E-state index contributed by atoms with van der Waals surface area (Å²) >= 11 is 6.84. The fourth-order valence-electron chi connectivity index (χ4n) is 2.39. The lowest BCUT2D eigenvalue weighted by Crippen LogP contribution is -2.38. The predicted molar refractivity (Wildman–Crippen MR) is 72.1 cm³/mol. The number of aromatic nitrogens is 2. The summed E-state index contributed by atoms with van der Waals surface area (Å²) in [5.41, 5.74) is 0. The monoisotopic (exact) mass is 288 g/mol. The first-order chi connectivity index (χ1) is 8.65. The highest BCUT2D eigenvalue weighted by Crippen LogP contribution is 2.21. The Morgan fingerprint density at radius 1 is 1.50 bits per heavy atom. The number of carbonyl (C=O) groups is 1. The highest BCUT2D eigenvalue weighted by molar-refractivity contribution is 7.17. The molecule has 5 nitrogen and oxygen atoms in total. The molecule has 1 aromatic heterocycles. The summed E-state index contributed by atoms with van der Waals surface area (Å²) in [4.78, 5) is 16.4. The molecule has 2 heterocycles. The quantitative estimate of drug-likeness (QED) is 0.847. The second-order valence-electron chi connectivity index (χ2n) is 4.28. The minimum Gasteiger partial charge on any atom is -0.335 e. The molecular formula is C11H17ClN4OS. The van der Waals surface area contributed by atoms with Gasteiger partial charge in [0.15, 0.2) is 0 Å². The molecule has 1 fully saturated rings. The summed E-state index contributed by atoms with van der Waals surface area (Å²) in [6.07, 6.45) is 1.03. The van der Waals surface area contributed by atoms with E-state index in [2.05, 4.69) is 28.9 Å². The molecular weight excluding hydrogens is 272 g/mol. The number of carbonyl (C=O) groups excluding carboxylic acids is 1. The van der Waals surface area contributed by atoms with Crippen molar-refractivity contribution in [3.05, 3.63) is 9.47 Å². The lowest BCUT2D eigenvalue weighted by Gasteiger charge is -2.25. The van der Waals surface area contributed by atoms with Gasteiger partial charge in [0.25, 0.3) is 5.91 Å². The van der Waals surface area contributed by atoms with Crippen LogP contribution in [0.3, 0.4) is 0 Å². The van der Waals surface area contributed by atoms with Gasteiger partial charge in [-0.05, 0) is 31.1 Å². The zero-order chi connectivity index (χ0) is 13.1. The normalized spacial score (nSPS) is 19.8. The zero-order valence-electron chi connectivity index (χ0n) is 10.6. The lowest BCUT2D eigenvalue weighted by molar-refractivity contribution is 0.0776. The van der Waals surface area contributed by atoms with E-state index in [1.807, 2.05) is 4.90 Å². The number of amides is 1. The number of hydrogen-bond donors (Lipinski definition) is 0. The molecule has 1 aliphatic heterocycles. The molecule has 1 unspecified atom stereocenters. The van der Waals surface area contributed by atoms with Gasteiger partial charge in [0.2, 0.25) is 9.47 Å². The molecule has 2 rings (SSSR count). The first kappa shape index (κ1) is 13.7. The van der Waals surface area contributed by atoms with Gasteiger partial charge in [-0.25, -0.2) is 0 Å². The smallest absolute Gasteiger partial charge is 0.284 e. The van der Waals surface area contributed by atoms with Gasteiger partial charge in [0, 0.05) is 19.1 Å². The standard InChI is InChI=1S/C11H17ClN4OS/c1-3-15(4-2)8-5-6-16(7-8)10(17)9-13-14-11(12)18-9/h8H,3-7H2,1-2H3. The molecule has 18 heavy (non-hydrogen) atoms. The maximum Gasteiger partial charge on any atom is 0.284 e. The fourth-order valence-corrected chi connectivity index (χ4v) is 3.19. The predicted octanol–water partition coefficient (Wildman–Crippen LogP) is 1.75. The van der Waals surface area contributed by atoms with Crippen molar-refractivity contribution in [2.45, 2.75) is 26.3 Å². The van der Waals surface area contributed by atoms with Gasteiger partial charge in [-0.15, -0.1) is 10.2 Å². The van der Waals surface area contributed by atoms with E-state index >= 15 is 0 Å². The summed E-state index contributed by atoms with van der Waals surface area (Å²) in [5.74, 6) is -0.0472. The summed E-state index contributed by atoms with van der Waals surface area (Å²) in [5, 5.41) is 7.86. The van der Waals surface area contributed by atoms with Crippen molar-refractivity contribution in [3.63, 3.8) is 0 Å². The van der Waals surface area contributed by atoms with Gasteiger partial charge in [-0.3, -0.25) is 9.69 Å². The summed E-state index contributed by atoms with van der Waals surface area (Å²) in [6, 6.07) is 0.465. The Morgan fingerprint density at radius 3 is 2.78 bits per heavy atom. The highest BCUT2D eigenvalue weighted by atomic mass is 35.5. The fraction of sp³-hybridized carbons (Fsp3) is 0.727. The van der Waals surface area contributed by atoms with Crippen LogP contribution in [0.15, 0.2) is 0 Å². The van der Waals surface area contributed by atoms with E-state index in [-0.39, 0.29) is 5.91 Å². The maximum atomic E-state index is 12.2. The number of nitrogens with zero attached hydrogens (tertiary/aromatic N) is 4. The van der Waals surface area contributed by atoms with Gasteiger partial charge < -0.3 is 4.90 Å². The van der Waals surface area contributed by atoms with Crippen LogP contribution in [0.1, 0.15) is 30.1 Å². The Hall–Kier alpha value is -0.720. The largest absolute Gasteiger partial charge is 0.335 e. The molecule has 1 atom stereocenters. The minimum absolute atomic E-state index is 0.0472.